The van der Waals surface area contributed by atoms with Gasteiger partial charge in [0.15, 0.2) is 0 Å². The number of benzene rings is 1. The third-order valence-corrected chi connectivity index (χ3v) is 2.32. The number of ether oxygens (including phenoxy) is 2. The Hall–Kier alpha value is -1.06. The third kappa shape index (κ3) is 3.83. The van der Waals surface area contributed by atoms with Gasteiger partial charge in [0.1, 0.15) is 5.75 Å². The summed E-state index contributed by atoms with van der Waals surface area (Å²) in [5.74, 6) is 0.914. The summed E-state index contributed by atoms with van der Waals surface area (Å²) in [7, 11) is 0. The molecule has 0 unspecified atom stereocenters. The van der Waals surface area contributed by atoms with Gasteiger partial charge in [0.25, 0.3) is 0 Å². The average molecular weight is 223 g/mol. The molecule has 1 aromatic rings. The van der Waals surface area contributed by atoms with Crippen LogP contribution in [-0.4, -0.2) is 19.8 Å². The van der Waals surface area contributed by atoms with Crippen LogP contribution in [0.5, 0.6) is 5.75 Å². The summed E-state index contributed by atoms with van der Waals surface area (Å²) in [5.41, 5.74) is 7.89. The van der Waals surface area contributed by atoms with Gasteiger partial charge in [-0.2, -0.15) is 0 Å². The van der Waals surface area contributed by atoms with Gasteiger partial charge in [-0.05, 0) is 44.5 Å². The second kappa shape index (κ2) is 7.25. The molecule has 0 bridgehead atoms. The van der Waals surface area contributed by atoms with Crippen LogP contribution < -0.4 is 10.5 Å². The van der Waals surface area contributed by atoms with E-state index in [-0.39, 0.29) is 0 Å². The molecule has 0 saturated carbocycles. The predicted molar refractivity (Wildman–Crippen MR) is 65.7 cm³/mol. The minimum Gasteiger partial charge on any atom is -0.494 e. The lowest BCUT2D eigenvalue weighted by Crippen LogP contribution is -2.05. The van der Waals surface area contributed by atoms with E-state index in [1.165, 1.54) is 5.56 Å². The van der Waals surface area contributed by atoms with Crippen LogP contribution in [0.25, 0.3) is 0 Å². The summed E-state index contributed by atoms with van der Waals surface area (Å²) in [6.07, 6.45) is 0.894. The SMILES string of the molecule is CCOCc1cc(CCN)ccc1OCC. The summed E-state index contributed by atoms with van der Waals surface area (Å²) >= 11 is 0. The lowest BCUT2D eigenvalue weighted by Gasteiger charge is -2.12. The van der Waals surface area contributed by atoms with Crippen molar-refractivity contribution in [3.05, 3.63) is 29.3 Å². The molecule has 0 aromatic heterocycles. The Bertz CT molecular complexity index is 313. The van der Waals surface area contributed by atoms with Crippen molar-refractivity contribution in [2.75, 3.05) is 19.8 Å². The Morgan fingerprint density at radius 3 is 2.62 bits per heavy atom. The maximum Gasteiger partial charge on any atom is 0.124 e. The van der Waals surface area contributed by atoms with E-state index in [1.54, 1.807) is 0 Å². The fourth-order valence-corrected chi connectivity index (χ4v) is 1.58. The lowest BCUT2D eigenvalue weighted by atomic mass is 10.1. The Morgan fingerprint density at radius 1 is 1.19 bits per heavy atom. The Morgan fingerprint density at radius 2 is 2.00 bits per heavy atom. The molecule has 1 aromatic carbocycles. The molecule has 0 aliphatic heterocycles. The topological polar surface area (TPSA) is 44.5 Å². The van der Waals surface area contributed by atoms with Gasteiger partial charge >= 0.3 is 0 Å². The molecule has 1 rings (SSSR count). The number of hydrogen-bond donors (Lipinski definition) is 1. The van der Waals surface area contributed by atoms with E-state index in [9.17, 15) is 0 Å². The Labute approximate surface area is 97.6 Å². The van der Waals surface area contributed by atoms with E-state index in [4.69, 9.17) is 15.2 Å². The first-order chi connectivity index (χ1) is 7.81. The monoisotopic (exact) mass is 223 g/mol. The van der Waals surface area contributed by atoms with Crippen LogP contribution in [0.15, 0.2) is 18.2 Å². The molecule has 3 heteroatoms. The summed E-state index contributed by atoms with van der Waals surface area (Å²) < 4.78 is 11.0. The Kier molecular flexibility index (Phi) is 5.90. The van der Waals surface area contributed by atoms with Gasteiger partial charge in [-0.15, -0.1) is 0 Å². The summed E-state index contributed by atoms with van der Waals surface area (Å²) in [5, 5.41) is 0. The van der Waals surface area contributed by atoms with Gasteiger partial charge in [-0.3, -0.25) is 0 Å². The van der Waals surface area contributed by atoms with Crippen molar-refractivity contribution < 1.29 is 9.47 Å². The van der Waals surface area contributed by atoms with Gasteiger partial charge in [-0.25, -0.2) is 0 Å². The van der Waals surface area contributed by atoms with Gasteiger partial charge in [0, 0.05) is 12.2 Å². The zero-order valence-electron chi connectivity index (χ0n) is 10.2. The van der Waals surface area contributed by atoms with E-state index < -0.39 is 0 Å². The summed E-state index contributed by atoms with van der Waals surface area (Å²) in [4.78, 5) is 0. The Balaban J connectivity index is 2.82. The highest BCUT2D eigenvalue weighted by molar-refractivity contribution is 5.37. The minimum atomic E-state index is 0.601. The second-order valence-corrected chi connectivity index (χ2v) is 3.55. The van der Waals surface area contributed by atoms with Crippen molar-refractivity contribution in [2.45, 2.75) is 26.9 Å². The summed E-state index contributed by atoms with van der Waals surface area (Å²) in [6, 6.07) is 6.18. The maximum atomic E-state index is 5.56. The van der Waals surface area contributed by atoms with Crippen LogP contribution in [-0.2, 0) is 17.8 Å². The van der Waals surface area contributed by atoms with E-state index in [0.717, 1.165) is 17.7 Å². The van der Waals surface area contributed by atoms with Crippen molar-refractivity contribution in [1.29, 1.82) is 0 Å². The van der Waals surface area contributed by atoms with Crippen LogP contribution in [0.1, 0.15) is 25.0 Å². The molecule has 16 heavy (non-hydrogen) atoms. The van der Waals surface area contributed by atoms with Crippen molar-refractivity contribution in [2.24, 2.45) is 5.73 Å². The highest BCUT2D eigenvalue weighted by Gasteiger charge is 2.04. The molecule has 0 radical (unpaired) electrons. The van der Waals surface area contributed by atoms with Crippen molar-refractivity contribution in [3.8, 4) is 5.75 Å². The van der Waals surface area contributed by atoms with E-state index in [2.05, 4.69) is 12.1 Å². The van der Waals surface area contributed by atoms with Gasteiger partial charge in [-0.1, -0.05) is 6.07 Å². The van der Waals surface area contributed by atoms with E-state index >= 15 is 0 Å². The highest BCUT2D eigenvalue weighted by atomic mass is 16.5. The third-order valence-electron chi connectivity index (χ3n) is 2.32. The first kappa shape index (κ1) is 13.0. The van der Waals surface area contributed by atoms with E-state index in [0.29, 0.717) is 26.4 Å². The minimum absolute atomic E-state index is 0.601. The second-order valence-electron chi connectivity index (χ2n) is 3.55. The zero-order valence-corrected chi connectivity index (χ0v) is 10.2. The smallest absolute Gasteiger partial charge is 0.124 e. The van der Waals surface area contributed by atoms with Crippen LogP contribution in [0.4, 0.5) is 0 Å². The molecule has 0 amide bonds. The van der Waals surface area contributed by atoms with Crippen molar-refractivity contribution in [3.63, 3.8) is 0 Å². The van der Waals surface area contributed by atoms with Crippen molar-refractivity contribution >= 4 is 0 Å². The molecular formula is C13H21NO2. The fourth-order valence-electron chi connectivity index (χ4n) is 1.58. The molecule has 90 valence electrons. The van der Waals surface area contributed by atoms with Gasteiger partial charge in [0.05, 0.1) is 13.2 Å². The average Bonchev–Trinajstić information content (AvgIpc) is 2.30. The molecule has 0 aliphatic carbocycles. The molecule has 0 spiro atoms. The van der Waals surface area contributed by atoms with E-state index in [1.807, 2.05) is 19.9 Å². The number of hydrogen-bond acceptors (Lipinski definition) is 3. The molecular weight excluding hydrogens is 202 g/mol. The molecule has 0 fully saturated rings. The first-order valence-corrected chi connectivity index (χ1v) is 5.84. The van der Waals surface area contributed by atoms with Gasteiger partial charge in [0.2, 0.25) is 0 Å². The maximum absolute atomic E-state index is 5.56. The van der Waals surface area contributed by atoms with Crippen LogP contribution in [0.2, 0.25) is 0 Å². The van der Waals surface area contributed by atoms with Crippen LogP contribution >= 0.6 is 0 Å². The fraction of sp³-hybridized carbons (Fsp3) is 0.538. The largest absolute Gasteiger partial charge is 0.494 e. The van der Waals surface area contributed by atoms with Gasteiger partial charge < -0.3 is 15.2 Å². The molecule has 2 N–H and O–H groups in total. The van der Waals surface area contributed by atoms with Crippen LogP contribution in [0, 0.1) is 0 Å². The highest BCUT2D eigenvalue weighted by Crippen LogP contribution is 2.21. The first-order valence-electron chi connectivity index (χ1n) is 5.84. The van der Waals surface area contributed by atoms with Crippen LogP contribution in [0.3, 0.4) is 0 Å². The molecule has 0 heterocycles. The molecule has 0 aliphatic rings. The number of rotatable bonds is 7. The number of nitrogens with two attached hydrogens (primary N) is 1. The van der Waals surface area contributed by atoms with Crippen molar-refractivity contribution in [1.82, 2.24) is 0 Å². The normalized spacial score (nSPS) is 10.4. The molecule has 0 saturated heterocycles. The molecule has 3 nitrogen and oxygen atoms in total. The lowest BCUT2D eigenvalue weighted by molar-refractivity contribution is 0.131. The standard InChI is InChI=1S/C13H21NO2/c1-3-15-10-12-9-11(7-8-14)5-6-13(12)16-4-2/h5-6,9H,3-4,7-8,10,14H2,1-2H3. The zero-order chi connectivity index (χ0) is 11.8. The quantitative estimate of drug-likeness (QED) is 0.770. The molecule has 0 atom stereocenters. The predicted octanol–water partition coefficient (Wildman–Crippen LogP) is 2.12. The summed E-state index contributed by atoms with van der Waals surface area (Å²) in [6.45, 7) is 6.64.